The van der Waals surface area contributed by atoms with Gasteiger partial charge in [0.15, 0.2) is 5.78 Å². The van der Waals surface area contributed by atoms with Crippen LogP contribution in [0.3, 0.4) is 0 Å². The fourth-order valence-corrected chi connectivity index (χ4v) is 6.11. The second kappa shape index (κ2) is 6.59. The van der Waals surface area contributed by atoms with E-state index in [9.17, 15) is 9.90 Å². The Morgan fingerprint density at radius 3 is 2.67 bits per heavy atom. The number of carbonyl (C=O) groups is 2. The molecule has 4 aliphatic rings. The first-order valence-electron chi connectivity index (χ1n) is 9.41. The molecule has 0 radical (unpaired) electrons. The zero-order valence-electron chi connectivity index (χ0n) is 15.0. The number of aliphatic hydroxyl groups excluding tert-OH is 1. The van der Waals surface area contributed by atoms with Gasteiger partial charge in [-0.15, -0.1) is 0 Å². The lowest BCUT2D eigenvalue weighted by Gasteiger charge is -2.53. The standard InChI is InChI=1S/C19H26O2.C2H4O/c1-11-9-17-16-5-3-12-10-13(20)4-6-14(12)15(16)7-8-19(17,2)18(11)21;1-2-3/h10,14-18,21H,1,3-9H2,2H3;2H,1H3/t14-,15?,16+,17?,18-,19-;/m0./s1. The Hall–Kier alpha value is -1.22. The fraction of sp³-hybridized carbons (Fsp3) is 0.714. The lowest BCUT2D eigenvalue weighted by Crippen LogP contribution is -2.47. The van der Waals surface area contributed by atoms with Gasteiger partial charge in [0, 0.05) is 11.8 Å². The van der Waals surface area contributed by atoms with Crippen LogP contribution in [0, 0.1) is 29.1 Å². The van der Waals surface area contributed by atoms with Crippen molar-refractivity contribution >= 4 is 12.1 Å². The summed E-state index contributed by atoms with van der Waals surface area (Å²) < 4.78 is 0. The first kappa shape index (κ1) is 17.6. The van der Waals surface area contributed by atoms with Gasteiger partial charge >= 0.3 is 0 Å². The summed E-state index contributed by atoms with van der Waals surface area (Å²) in [7, 11) is 0. The van der Waals surface area contributed by atoms with Crippen molar-refractivity contribution in [1.29, 1.82) is 0 Å². The van der Waals surface area contributed by atoms with E-state index < -0.39 is 0 Å². The third-order valence-corrected chi connectivity index (χ3v) is 7.23. The average molecular weight is 330 g/mol. The topological polar surface area (TPSA) is 54.4 Å². The predicted octanol–water partition coefficient (Wildman–Crippen LogP) is 3.86. The number of hydrogen-bond donors (Lipinski definition) is 1. The van der Waals surface area contributed by atoms with Crippen molar-refractivity contribution in [2.75, 3.05) is 0 Å². The van der Waals surface area contributed by atoms with Gasteiger partial charge in [-0.1, -0.05) is 19.1 Å². The molecule has 0 aromatic rings. The minimum atomic E-state index is -0.298. The van der Waals surface area contributed by atoms with Crippen molar-refractivity contribution in [1.82, 2.24) is 0 Å². The summed E-state index contributed by atoms with van der Waals surface area (Å²) in [6.45, 7) is 7.86. The number of hydrogen-bond acceptors (Lipinski definition) is 3. The number of carbonyl (C=O) groups excluding carboxylic acids is 2. The maximum Gasteiger partial charge on any atom is 0.155 e. The molecule has 4 rings (SSSR count). The molecule has 0 bridgehead atoms. The van der Waals surface area contributed by atoms with E-state index in [0.29, 0.717) is 17.6 Å². The van der Waals surface area contributed by atoms with Gasteiger partial charge in [-0.3, -0.25) is 4.79 Å². The maximum atomic E-state index is 11.7. The fourth-order valence-electron chi connectivity index (χ4n) is 6.11. The molecule has 2 unspecified atom stereocenters. The summed E-state index contributed by atoms with van der Waals surface area (Å²) in [6, 6.07) is 0. The van der Waals surface area contributed by atoms with Gasteiger partial charge < -0.3 is 9.90 Å². The van der Waals surface area contributed by atoms with Crippen molar-refractivity contribution < 1.29 is 14.7 Å². The number of ketones is 1. The highest BCUT2D eigenvalue weighted by Gasteiger charge is 2.57. The SMILES string of the molecule is C=C1CC2[C@@H]3CCC4=CC(=O)CC[C@@H]4C3CC[C@]2(C)[C@H]1O.CC=O. The molecular weight excluding hydrogens is 300 g/mol. The molecule has 0 saturated heterocycles. The van der Waals surface area contributed by atoms with Gasteiger partial charge in [0.1, 0.15) is 6.29 Å². The van der Waals surface area contributed by atoms with Crippen LogP contribution in [0.25, 0.3) is 0 Å². The highest BCUT2D eigenvalue weighted by molar-refractivity contribution is 5.91. The normalized spacial score (nSPS) is 43.6. The summed E-state index contributed by atoms with van der Waals surface area (Å²) >= 11 is 0. The van der Waals surface area contributed by atoms with Gasteiger partial charge in [-0.2, -0.15) is 0 Å². The summed E-state index contributed by atoms with van der Waals surface area (Å²) in [5.41, 5.74) is 2.56. The molecule has 6 atom stereocenters. The van der Waals surface area contributed by atoms with Crippen molar-refractivity contribution in [3.8, 4) is 0 Å². The summed E-state index contributed by atoms with van der Waals surface area (Å²) in [5, 5.41) is 10.6. The van der Waals surface area contributed by atoms with Crippen molar-refractivity contribution in [3.05, 3.63) is 23.8 Å². The highest BCUT2D eigenvalue weighted by Crippen LogP contribution is 2.62. The van der Waals surface area contributed by atoms with Crippen LogP contribution < -0.4 is 0 Å². The minimum absolute atomic E-state index is 0.0595. The van der Waals surface area contributed by atoms with Gasteiger partial charge in [0.05, 0.1) is 6.10 Å². The quantitative estimate of drug-likeness (QED) is 0.542. The predicted molar refractivity (Wildman–Crippen MR) is 94.4 cm³/mol. The van der Waals surface area contributed by atoms with E-state index in [2.05, 4.69) is 13.5 Å². The van der Waals surface area contributed by atoms with E-state index in [1.807, 2.05) is 6.08 Å². The Labute approximate surface area is 145 Å². The molecule has 4 aliphatic carbocycles. The minimum Gasteiger partial charge on any atom is -0.388 e. The number of aldehydes is 1. The van der Waals surface area contributed by atoms with Gasteiger partial charge in [-0.25, -0.2) is 0 Å². The molecule has 0 aromatic heterocycles. The summed E-state index contributed by atoms with van der Waals surface area (Å²) in [5.74, 6) is 3.07. The summed E-state index contributed by atoms with van der Waals surface area (Å²) in [6.07, 6.45) is 9.90. The Kier molecular flexibility index (Phi) is 4.83. The lowest BCUT2D eigenvalue weighted by molar-refractivity contribution is -0.116. The van der Waals surface area contributed by atoms with Crippen LogP contribution in [-0.2, 0) is 9.59 Å². The molecular formula is C21H30O3. The van der Waals surface area contributed by atoms with Crippen molar-refractivity contribution in [2.45, 2.75) is 64.9 Å². The zero-order valence-corrected chi connectivity index (χ0v) is 15.0. The van der Waals surface area contributed by atoms with E-state index in [4.69, 9.17) is 4.79 Å². The zero-order chi connectivity index (χ0) is 17.5. The van der Waals surface area contributed by atoms with Gasteiger partial charge in [0.25, 0.3) is 0 Å². The number of fused-ring (bicyclic) bond motifs is 5. The Morgan fingerprint density at radius 1 is 1.25 bits per heavy atom. The largest absolute Gasteiger partial charge is 0.388 e. The van der Waals surface area contributed by atoms with E-state index in [-0.39, 0.29) is 11.5 Å². The Balaban J connectivity index is 0.000000526. The molecule has 24 heavy (non-hydrogen) atoms. The van der Waals surface area contributed by atoms with Crippen molar-refractivity contribution in [3.63, 3.8) is 0 Å². The van der Waals surface area contributed by atoms with E-state index >= 15 is 0 Å². The third-order valence-electron chi connectivity index (χ3n) is 7.23. The molecule has 0 spiro atoms. The highest BCUT2D eigenvalue weighted by atomic mass is 16.3. The molecule has 0 aliphatic heterocycles. The van der Waals surface area contributed by atoms with Crippen LogP contribution in [0.5, 0.6) is 0 Å². The molecule has 1 N–H and O–H groups in total. The van der Waals surface area contributed by atoms with Crippen LogP contribution in [0.2, 0.25) is 0 Å². The third kappa shape index (κ3) is 2.71. The van der Waals surface area contributed by atoms with Crippen LogP contribution in [0.1, 0.15) is 58.8 Å². The number of rotatable bonds is 0. The van der Waals surface area contributed by atoms with Crippen molar-refractivity contribution in [2.24, 2.45) is 29.1 Å². The van der Waals surface area contributed by atoms with Crippen LogP contribution in [-0.4, -0.2) is 23.3 Å². The van der Waals surface area contributed by atoms with Crippen LogP contribution in [0.4, 0.5) is 0 Å². The lowest BCUT2D eigenvalue weighted by atomic mass is 9.52. The molecule has 0 amide bonds. The molecule has 3 fully saturated rings. The maximum absolute atomic E-state index is 11.7. The molecule has 3 nitrogen and oxygen atoms in total. The van der Waals surface area contributed by atoms with Gasteiger partial charge in [0.2, 0.25) is 0 Å². The molecule has 132 valence electrons. The molecule has 3 heteroatoms. The second-order valence-electron chi connectivity index (χ2n) is 8.35. The molecule has 0 heterocycles. The number of aliphatic hydroxyl groups is 1. The molecule has 0 aromatic carbocycles. The first-order valence-corrected chi connectivity index (χ1v) is 9.41. The monoisotopic (exact) mass is 330 g/mol. The smallest absolute Gasteiger partial charge is 0.155 e. The Morgan fingerprint density at radius 2 is 1.96 bits per heavy atom. The summed E-state index contributed by atoms with van der Waals surface area (Å²) in [4.78, 5) is 20.5. The van der Waals surface area contributed by atoms with Crippen LogP contribution >= 0.6 is 0 Å². The number of allylic oxidation sites excluding steroid dienone is 1. The first-order chi connectivity index (χ1) is 11.4. The van der Waals surface area contributed by atoms with E-state index in [1.54, 1.807) is 0 Å². The van der Waals surface area contributed by atoms with E-state index in [1.165, 1.54) is 25.3 Å². The van der Waals surface area contributed by atoms with Gasteiger partial charge in [-0.05, 0) is 80.8 Å². The second-order valence-corrected chi connectivity index (χ2v) is 8.35. The van der Waals surface area contributed by atoms with Crippen LogP contribution in [0.15, 0.2) is 23.8 Å². The van der Waals surface area contributed by atoms with E-state index in [0.717, 1.165) is 55.8 Å². The average Bonchev–Trinajstić information content (AvgIpc) is 2.79. The Bertz CT molecular complexity index is 576. The molecule has 3 saturated carbocycles.